The van der Waals surface area contributed by atoms with Gasteiger partial charge in [-0.05, 0) is 56.3 Å². The molecule has 1 fully saturated rings. The number of carbonyl (C=O) groups is 2. The van der Waals surface area contributed by atoms with Crippen molar-refractivity contribution in [1.82, 2.24) is 9.80 Å². The number of hydrogen-bond acceptors (Lipinski definition) is 7. The third-order valence-corrected chi connectivity index (χ3v) is 5.75. The smallest absolute Gasteiger partial charge is 0.295 e. The van der Waals surface area contributed by atoms with E-state index >= 15 is 0 Å². The van der Waals surface area contributed by atoms with Crippen molar-refractivity contribution in [1.29, 1.82) is 0 Å². The van der Waals surface area contributed by atoms with Gasteiger partial charge >= 0.3 is 0 Å². The first-order chi connectivity index (χ1) is 16.5. The maximum Gasteiger partial charge on any atom is 0.295 e. The molecule has 0 saturated carbocycles. The van der Waals surface area contributed by atoms with Crippen LogP contribution in [0.1, 0.15) is 36.6 Å². The topological polar surface area (TPSA) is 113 Å². The molecule has 0 aromatic heterocycles. The molecule has 9 nitrogen and oxygen atoms in total. The number of nitro groups is 1. The summed E-state index contributed by atoms with van der Waals surface area (Å²) in [5.74, 6) is -0.896. The number of nitro benzene ring substituents is 1. The van der Waals surface area contributed by atoms with E-state index in [2.05, 4.69) is 0 Å². The van der Waals surface area contributed by atoms with Gasteiger partial charge in [-0.25, -0.2) is 0 Å². The molecule has 1 saturated heterocycles. The van der Waals surface area contributed by atoms with Gasteiger partial charge in [-0.15, -0.1) is 0 Å². The van der Waals surface area contributed by atoms with E-state index in [4.69, 9.17) is 4.74 Å². The quantitative estimate of drug-likeness (QED) is 0.190. The number of nitrogens with zero attached hydrogens (tertiary/aromatic N) is 3. The molecule has 35 heavy (non-hydrogen) atoms. The predicted molar refractivity (Wildman–Crippen MR) is 132 cm³/mol. The Morgan fingerprint density at radius 2 is 1.91 bits per heavy atom. The average Bonchev–Trinajstić information content (AvgIpc) is 3.06. The summed E-state index contributed by atoms with van der Waals surface area (Å²) < 4.78 is 5.80. The van der Waals surface area contributed by atoms with E-state index in [1.54, 1.807) is 24.3 Å². The molecule has 0 spiro atoms. The average molecular weight is 482 g/mol. The summed E-state index contributed by atoms with van der Waals surface area (Å²) in [5, 5.41) is 22.6. The van der Waals surface area contributed by atoms with Crippen LogP contribution in [0.2, 0.25) is 0 Å². The Balaban J connectivity index is 2.11. The second-order valence-electron chi connectivity index (χ2n) is 9.33. The number of aliphatic hydroxyl groups is 1. The minimum absolute atomic E-state index is 0.0931. The molecule has 0 bridgehead atoms. The zero-order chi connectivity index (χ0) is 25.9. The van der Waals surface area contributed by atoms with Crippen LogP contribution in [-0.2, 0) is 9.59 Å². The lowest BCUT2D eigenvalue weighted by molar-refractivity contribution is -0.384. The molecule has 3 rings (SSSR count). The van der Waals surface area contributed by atoms with Gasteiger partial charge in [0.25, 0.3) is 17.4 Å². The van der Waals surface area contributed by atoms with E-state index in [-0.39, 0.29) is 23.6 Å². The zero-order valence-electron chi connectivity index (χ0n) is 20.6. The van der Waals surface area contributed by atoms with Crippen molar-refractivity contribution < 1.29 is 24.4 Å². The number of rotatable bonds is 9. The van der Waals surface area contributed by atoms with Crippen LogP contribution in [0.25, 0.3) is 5.76 Å². The van der Waals surface area contributed by atoms with Gasteiger partial charge in [0, 0.05) is 30.8 Å². The highest BCUT2D eigenvalue weighted by Gasteiger charge is 2.46. The number of hydrogen-bond donors (Lipinski definition) is 1. The molecule has 2 aromatic carbocycles. The minimum atomic E-state index is -0.952. The first-order valence-electron chi connectivity index (χ1n) is 11.4. The van der Waals surface area contributed by atoms with Crippen molar-refractivity contribution in [3.8, 4) is 5.75 Å². The summed E-state index contributed by atoms with van der Waals surface area (Å²) in [6.45, 7) is 7.13. The molecule has 1 aliphatic rings. The van der Waals surface area contributed by atoms with E-state index < -0.39 is 22.7 Å². The minimum Gasteiger partial charge on any atom is -0.507 e. The van der Waals surface area contributed by atoms with Crippen molar-refractivity contribution in [2.24, 2.45) is 5.92 Å². The fourth-order valence-corrected chi connectivity index (χ4v) is 3.94. The first-order valence-corrected chi connectivity index (χ1v) is 11.4. The van der Waals surface area contributed by atoms with Crippen molar-refractivity contribution in [3.63, 3.8) is 0 Å². The molecule has 1 heterocycles. The van der Waals surface area contributed by atoms with Crippen molar-refractivity contribution >= 4 is 23.1 Å². The van der Waals surface area contributed by atoms with Crippen LogP contribution in [0.5, 0.6) is 5.75 Å². The van der Waals surface area contributed by atoms with Crippen LogP contribution < -0.4 is 4.74 Å². The molecule has 1 aliphatic heterocycles. The second kappa shape index (κ2) is 10.7. The van der Waals surface area contributed by atoms with E-state index in [9.17, 15) is 24.8 Å². The lowest BCUT2D eigenvalue weighted by atomic mass is 9.94. The summed E-state index contributed by atoms with van der Waals surface area (Å²) in [7, 11) is 3.68. The van der Waals surface area contributed by atoms with E-state index in [0.717, 1.165) is 5.56 Å². The van der Waals surface area contributed by atoms with Crippen LogP contribution in [0.15, 0.2) is 48.0 Å². The molecule has 9 heteroatoms. The highest BCUT2D eigenvalue weighted by molar-refractivity contribution is 6.46. The number of likely N-dealkylation sites (N-methyl/N-ethyl adjacent to an activating group) is 1. The number of amides is 1. The third-order valence-electron chi connectivity index (χ3n) is 5.75. The fraction of sp³-hybridized carbons (Fsp3) is 0.385. The second-order valence-corrected chi connectivity index (χ2v) is 9.33. The van der Waals surface area contributed by atoms with Gasteiger partial charge in [-0.1, -0.05) is 26.0 Å². The highest BCUT2D eigenvalue weighted by atomic mass is 16.6. The number of Topliss-reactive ketones (excluding diaryl/α,β-unsaturated/α-hetero) is 1. The molecule has 2 aromatic rings. The van der Waals surface area contributed by atoms with Gasteiger partial charge in [-0.3, -0.25) is 19.7 Å². The van der Waals surface area contributed by atoms with Crippen molar-refractivity contribution in [2.75, 3.05) is 33.8 Å². The summed E-state index contributed by atoms with van der Waals surface area (Å²) in [4.78, 5) is 40.2. The molecule has 1 N–H and O–H groups in total. The predicted octanol–water partition coefficient (Wildman–Crippen LogP) is 3.92. The third kappa shape index (κ3) is 5.68. The van der Waals surface area contributed by atoms with Crippen LogP contribution in [-0.4, -0.2) is 65.3 Å². The van der Waals surface area contributed by atoms with Crippen LogP contribution in [0.3, 0.4) is 0 Å². The molecular formula is C26H31N3O6. The Morgan fingerprint density at radius 3 is 2.51 bits per heavy atom. The number of benzene rings is 2. The number of likely N-dealkylation sites (tertiary alicyclic amines) is 1. The lowest BCUT2D eigenvalue weighted by Crippen LogP contribution is -2.35. The zero-order valence-corrected chi connectivity index (χ0v) is 20.6. The van der Waals surface area contributed by atoms with Gasteiger partial charge in [0.05, 0.1) is 23.1 Å². The van der Waals surface area contributed by atoms with Crippen LogP contribution in [0, 0.1) is 23.0 Å². The maximum atomic E-state index is 13.1. The Labute approximate surface area is 204 Å². The van der Waals surface area contributed by atoms with Gasteiger partial charge in [-0.2, -0.15) is 0 Å². The molecule has 0 aliphatic carbocycles. The molecule has 0 unspecified atom stereocenters. The Bertz CT molecular complexity index is 1170. The van der Waals surface area contributed by atoms with Gasteiger partial charge in [0.15, 0.2) is 0 Å². The molecule has 1 atom stereocenters. The first kappa shape index (κ1) is 25.9. The Kier molecular flexibility index (Phi) is 7.91. The fourth-order valence-electron chi connectivity index (χ4n) is 3.94. The number of ether oxygens (including phenoxy) is 1. The number of aryl methyl sites for hydroxylation is 1. The molecular weight excluding hydrogens is 450 g/mol. The molecule has 186 valence electrons. The van der Waals surface area contributed by atoms with Crippen LogP contribution >= 0.6 is 0 Å². The standard InChI is InChI=1S/C26H31N3O6/c1-16(2)15-35-21-10-9-19(13-17(21)3)24(30)22-23(18-7-6-8-20(14-18)29(33)34)28(12-11-27(4)5)26(32)25(22)31/h6-10,13-14,16,23,30H,11-12,15H2,1-5H3/b24-22+/t23-/m0/s1. The van der Waals surface area contributed by atoms with Crippen molar-refractivity contribution in [2.45, 2.75) is 26.8 Å². The summed E-state index contributed by atoms with van der Waals surface area (Å²) in [6.07, 6.45) is 0. The summed E-state index contributed by atoms with van der Waals surface area (Å²) in [6, 6.07) is 9.90. The highest BCUT2D eigenvalue weighted by Crippen LogP contribution is 2.40. The number of non-ortho nitro benzene ring substituents is 1. The number of aliphatic hydroxyl groups excluding tert-OH is 1. The van der Waals surface area contributed by atoms with Gasteiger partial charge in [0.1, 0.15) is 11.5 Å². The number of ketones is 1. The van der Waals surface area contributed by atoms with E-state index in [1.165, 1.54) is 23.1 Å². The molecule has 0 radical (unpaired) electrons. The van der Waals surface area contributed by atoms with Crippen molar-refractivity contribution in [3.05, 3.63) is 74.8 Å². The van der Waals surface area contributed by atoms with Gasteiger partial charge in [0.2, 0.25) is 0 Å². The maximum absolute atomic E-state index is 13.1. The largest absolute Gasteiger partial charge is 0.507 e. The van der Waals surface area contributed by atoms with E-state index in [0.29, 0.717) is 35.9 Å². The van der Waals surface area contributed by atoms with E-state index in [1.807, 2.05) is 39.8 Å². The lowest BCUT2D eigenvalue weighted by Gasteiger charge is -2.26. The SMILES string of the molecule is Cc1cc(/C(O)=C2\C(=O)C(=O)N(CCN(C)C)[C@H]2c2cccc([N+](=O)[O-])c2)ccc1OCC(C)C. The van der Waals surface area contributed by atoms with Gasteiger partial charge < -0.3 is 19.6 Å². The monoisotopic (exact) mass is 481 g/mol. The summed E-state index contributed by atoms with van der Waals surface area (Å²) in [5.41, 5.74) is 1.25. The van der Waals surface area contributed by atoms with Crippen LogP contribution in [0.4, 0.5) is 5.69 Å². The molecule has 1 amide bonds. The number of carbonyl (C=O) groups excluding carboxylic acids is 2. The summed E-state index contributed by atoms with van der Waals surface area (Å²) >= 11 is 0. The Morgan fingerprint density at radius 1 is 1.20 bits per heavy atom. The normalized spacial score (nSPS) is 17.5. The Hall–Kier alpha value is -3.72.